The van der Waals surface area contributed by atoms with E-state index in [0.29, 0.717) is 23.5 Å². The molecule has 9 heteroatoms. The average molecular weight is 427 g/mol. The molecule has 162 valence electrons. The molecule has 2 rings (SSSR count). The fraction of sp³-hybridized carbons (Fsp3) is 0.700. The van der Waals surface area contributed by atoms with Gasteiger partial charge in [0.25, 0.3) is 5.88 Å². The van der Waals surface area contributed by atoms with Crippen molar-refractivity contribution in [2.24, 2.45) is 0 Å². The molecule has 0 aromatic carbocycles. The van der Waals surface area contributed by atoms with Crippen LogP contribution >= 0.6 is 11.7 Å². The first-order valence-electron chi connectivity index (χ1n) is 10.3. The monoisotopic (exact) mass is 426 g/mol. The molecular weight excluding hydrogens is 394 g/mol. The van der Waals surface area contributed by atoms with Crippen LogP contribution in [0.15, 0.2) is 6.08 Å². The van der Waals surface area contributed by atoms with Crippen molar-refractivity contribution < 1.29 is 28.7 Å². The lowest BCUT2D eigenvalue weighted by Crippen LogP contribution is -2.55. The summed E-state index contributed by atoms with van der Waals surface area (Å²) in [6.45, 7) is 6.13. The minimum Gasteiger partial charge on any atom is -0.481 e. The number of aromatic nitrogens is 2. The van der Waals surface area contributed by atoms with Gasteiger partial charge in [-0.25, -0.2) is 0 Å². The number of rotatable bonds is 12. The van der Waals surface area contributed by atoms with Crippen molar-refractivity contribution in [3.8, 4) is 5.88 Å². The molecule has 1 unspecified atom stereocenters. The third-order valence-corrected chi connectivity index (χ3v) is 5.80. The highest BCUT2D eigenvalue weighted by molar-refractivity contribution is 6.99. The Morgan fingerprint density at radius 3 is 2.79 bits per heavy atom. The van der Waals surface area contributed by atoms with E-state index in [1.807, 2.05) is 14.0 Å². The van der Waals surface area contributed by atoms with E-state index in [1.165, 1.54) is 12.8 Å². The van der Waals surface area contributed by atoms with Gasteiger partial charge in [0.05, 0.1) is 44.8 Å². The third kappa shape index (κ3) is 7.08. The maximum absolute atomic E-state index is 11.9. The minimum atomic E-state index is -1.00. The van der Waals surface area contributed by atoms with Gasteiger partial charge >= 0.3 is 11.9 Å². The number of aliphatic carboxylic acids is 1. The molecule has 0 radical (unpaired) electrons. The predicted molar refractivity (Wildman–Crippen MR) is 110 cm³/mol. The maximum Gasteiger partial charge on any atom is 0.310 e. The normalized spacial score (nSPS) is 20.0. The van der Waals surface area contributed by atoms with Gasteiger partial charge in [-0.2, -0.15) is 4.37 Å². The predicted octanol–water partition coefficient (Wildman–Crippen LogP) is 3.48. The molecule has 1 aliphatic heterocycles. The molecule has 0 amide bonds. The number of carboxylic acid groups (broad SMARTS) is 1. The van der Waals surface area contributed by atoms with Gasteiger partial charge in [0.15, 0.2) is 0 Å². The van der Waals surface area contributed by atoms with Crippen molar-refractivity contribution >= 4 is 29.2 Å². The number of carboxylic acids is 1. The molecule has 1 N–H and O–H groups in total. The van der Waals surface area contributed by atoms with Gasteiger partial charge in [0.2, 0.25) is 6.23 Å². The number of esters is 1. The molecule has 2 atom stereocenters. The number of quaternary nitrogens is 1. The highest BCUT2D eigenvalue weighted by Gasteiger charge is 2.36. The number of ether oxygens (including phenoxy) is 2. The third-order valence-electron chi connectivity index (χ3n) is 5.28. The molecule has 0 bridgehead atoms. The second-order valence-corrected chi connectivity index (χ2v) is 8.22. The summed E-state index contributed by atoms with van der Waals surface area (Å²) >= 11 is 1.14. The van der Waals surface area contributed by atoms with Gasteiger partial charge in [-0.05, 0) is 6.42 Å². The van der Waals surface area contributed by atoms with Gasteiger partial charge in [0.1, 0.15) is 12.2 Å². The summed E-state index contributed by atoms with van der Waals surface area (Å²) in [4.78, 5) is 22.6. The lowest BCUT2D eigenvalue weighted by molar-refractivity contribution is -0.944. The van der Waals surface area contributed by atoms with E-state index in [0.717, 1.165) is 48.8 Å². The molecule has 1 aromatic rings. The van der Waals surface area contributed by atoms with Crippen LogP contribution in [0.25, 0.3) is 5.57 Å². The van der Waals surface area contributed by atoms with Crippen molar-refractivity contribution in [3.05, 3.63) is 11.8 Å². The van der Waals surface area contributed by atoms with E-state index in [2.05, 4.69) is 21.7 Å². The number of hydrogen-bond donors (Lipinski definition) is 1. The van der Waals surface area contributed by atoms with Crippen LogP contribution in [0.3, 0.4) is 0 Å². The molecule has 1 aliphatic rings. The topological polar surface area (TPSA) is 98.6 Å². The summed E-state index contributed by atoms with van der Waals surface area (Å²) < 4.78 is 20.7. The Bertz CT molecular complexity index is 721. The van der Waals surface area contributed by atoms with Gasteiger partial charge in [0, 0.05) is 18.9 Å². The summed E-state index contributed by atoms with van der Waals surface area (Å²) in [5.41, 5.74) is 1.82. The van der Waals surface area contributed by atoms with Crippen LogP contribution in [-0.4, -0.2) is 63.2 Å². The Kier molecular flexibility index (Phi) is 9.03. The molecule has 0 saturated heterocycles. The zero-order valence-corrected chi connectivity index (χ0v) is 18.4. The van der Waals surface area contributed by atoms with Gasteiger partial charge in [-0.1, -0.05) is 32.3 Å². The largest absolute Gasteiger partial charge is 0.481 e. The van der Waals surface area contributed by atoms with Crippen molar-refractivity contribution in [3.63, 3.8) is 0 Å². The van der Waals surface area contributed by atoms with E-state index < -0.39 is 11.9 Å². The lowest BCUT2D eigenvalue weighted by Gasteiger charge is -2.41. The number of likely N-dealkylation sites (N-methyl/N-ethyl adjacent to an activating group) is 1. The number of unbranched alkanes of at least 4 members (excludes halogenated alkanes) is 3. The van der Waals surface area contributed by atoms with Crippen LogP contribution in [0.2, 0.25) is 0 Å². The van der Waals surface area contributed by atoms with Crippen molar-refractivity contribution in [1.29, 1.82) is 0 Å². The van der Waals surface area contributed by atoms with E-state index in [-0.39, 0.29) is 19.1 Å². The Morgan fingerprint density at radius 1 is 1.28 bits per heavy atom. The second-order valence-electron chi connectivity index (χ2n) is 7.69. The van der Waals surface area contributed by atoms with Crippen LogP contribution < -0.4 is 4.74 Å². The Morgan fingerprint density at radius 2 is 2.07 bits per heavy atom. The first-order chi connectivity index (χ1) is 13.9. The highest BCUT2D eigenvalue weighted by Crippen LogP contribution is 2.31. The summed E-state index contributed by atoms with van der Waals surface area (Å²) in [6.07, 6.45) is 6.80. The second kappa shape index (κ2) is 11.3. The molecule has 0 fully saturated rings. The first kappa shape index (κ1) is 23.3. The van der Waals surface area contributed by atoms with Crippen LogP contribution in [0.1, 0.15) is 64.5 Å². The summed E-state index contributed by atoms with van der Waals surface area (Å²) in [5, 5.41) is 8.72. The van der Waals surface area contributed by atoms with E-state index >= 15 is 0 Å². The van der Waals surface area contributed by atoms with E-state index in [9.17, 15) is 9.59 Å². The van der Waals surface area contributed by atoms with Gasteiger partial charge in [-0.3, -0.25) is 14.1 Å². The molecule has 0 aliphatic carbocycles. The smallest absolute Gasteiger partial charge is 0.310 e. The quantitative estimate of drug-likeness (QED) is 0.310. The number of nitrogens with zero attached hydrogens (tertiary/aromatic N) is 3. The minimum absolute atomic E-state index is 0.117. The highest BCUT2D eigenvalue weighted by atomic mass is 32.1. The zero-order valence-electron chi connectivity index (χ0n) is 17.6. The van der Waals surface area contributed by atoms with E-state index in [4.69, 9.17) is 14.6 Å². The van der Waals surface area contributed by atoms with Crippen LogP contribution in [0.5, 0.6) is 5.88 Å². The molecule has 2 heterocycles. The molecule has 1 aromatic heterocycles. The molecular formula is C20H32N3O5S+. The van der Waals surface area contributed by atoms with Crippen LogP contribution in [0.4, 0.5) is 0 Å². The Balaban J connectivity index is 1.96. The Hall–Kier alpha value is -2.00. The molecule has 8 nitrogen and oxygen atoms in total. The first-order valence-corrected chi connectivity index (χ1v) is 11.0. The molecule has 0 saturated carbocycles. The molecule has 0 spiro atoms. The summed E-state index contributed by atoms with van der Waals surface area (Å²) in [6, 6.07) is 0. The zero-order chi connectivity index (χ0) is 21.3. The lowest BCUT2D eigenvalue weighted by atomic mass is 10.0. The number of carbonyl (C=O) groups excluding carboxylic acids is 1. The van der Waals surface area contributed by atoms with E-state index in [1.54, 1.807) is 0 Å². The Labute approximate surface area is 176 Å². The van der Waals surface area contributed by atoms with Gasteiger partial charge < -0.3 is 14.6 Å². The van der Waals surface area contributed by atoms with Crippen LogP contribution in [0, 0.1) is 0 Å². The maximum atomic E-state index is 11.9. The standard InChI is InChI=1S/C20H31N3O5S/c1-4-5-6-7-13-27-20-19(21-29-22-20)16-9-8-12-23(3,14-16)15(2)28-18(26)11-10-17(24)25/h9,15H,4-8,10-14H2,1-3H3/p+1/t15-,23?/m0/s1. The number of carbonyl (C=O) groups is 2. The van der Waals surface area contributed by atoms with Crippen molar-refractivity contribution in [2.75, 3.05) is 26.7 Å². The van der Waals surface area contributed by atoms with Crippen molar-refractivity contribution in [2.45, 2.75) is 65.0 Å². The molecule has 29 heavy (non-hydrogen) atoms. The fourth-order valence-corrected chi connectivity index (χ4v) is 3.83. The fourth-order valence-electron chi connectivity index (χ4n) is 3.30. The van der Waals surface area contributed by atoms with Crippen molar-refractivity contribution in [1.82, 2.24) is 8.75 Å². The summed E-state index contributed by atoms with van der Waals surface area (Å²) in [7, 11) is 2.03. The SMILES string of the molecule is CCCCCCOc1nsnc1C1=CCC[N+](C)([C@H](C)OC(=O)CCC(=O)O)C1. The van der Waals surface area contributed by atoms with Crippen LogP contribution in [-0.2, 0) is 14.3 Å². The van der Waals surface area contributed by atoms with Gasteiger partial charge in [-0.15, -0.1) is 4.37 Å². The summed E-state index contributed by atoms with van der Waals surface area (Å²) in [5.74, 6) is -0.907. The number of hydrogen-bond acceptors (Lipinski definition) is 7. The average Bonchev–Trinajstić information content (AvgIpc) is 3.15.